The highest BCUT2D eigenvalue weighted by Gasteiger charge is 2.09. The fourth-order valence-electron chi connectivity index (χ4n) is 2.44. The van der Waals surface area contributed by atoms with Crippen LogP contribution in [0.2, 0.25) is 5.02 Å². The van der Waals surface area contributed by atoms with E-state index in [0.717, 1.165) is 16.8 Å². The van der Waals surface area contributed by atoms with Crippen molar-refractivity contribution >= 4 is 28.9 Å². The predicted molar refractivity (Wildman–Crippen MR) is 91.6 cm³/mol. The fourth-order valence-corrected chi connectivity index (χ4v) is 2.67. The van der Waals surface area contributed by atoms with Crippen LogP contribution in [-0.2, 0) is 7.05 Å². The van der Waals surface area contributed by atoms with E-state index in [1.54, 1.807) is 33.6 Å². The highest BCUT2D eigenvalue weighted by atomic mass is 35.5. The van der Waals surface area contributed by atoms with Gasteiger partial charge in [-0.25, -0.2) is 4.52 Å². The van der Waals surface area contributed by atoms with Crippen molar-refractivity contribution in [1.29, 1.82) is 0 Å². The minimum absolute atomic E-state index is 0.159. The molecular weight excluding hydrogens is 328 g/mol. The average molecular weight is 341 g/mol. The molecule has 0 radical (unpaired) electrons. The number of hydrogen-bond acceptors (Lipinski definition) is 5. The molecule has 0 aliphatic rings. The van der Waals surface area contributed by atoms with E-state index in [-0.39, 0.29) is 5.75 Å². The lowest BCUT2D eigenvalue weighted by Gasteiger charge is -2.05. The topological polar surface area (TPSA) is 80.3 Å². The number of pyridine rings is 1. The Bertz CT molecular complexity index is 1040. The Morgan fingerprint density at radius 2 is 2.04 bits per heavy atom. The second-order valence-corrected chi connectivity index (χ2v) is 5.75. The van der Waals surface area contributed by atoms with Crippen LogP contribution in [0, 0.1) is 0 Å². The Morgan fingerprint density at radius 1 is 1.17 bits per heavy atom. The smallest absolute Gasteiger partial charge is 0.247 e. The van der Waals surface area contributed by atoms with Gasteiger partial charge < -0.3 is 10.4 Å². The second-order valence-electron chi connectivity index (χ2n) is 5.35. The van der Waals surface area contributed by atoms with Crippen LogP contribution >= 0.6 is 11.6 Å². The minimum atomic E-state index is 0.159. The van der Waals surface area contributed by atoms with Crippen LogP contribution in [0.5, 0.6) is 5.75 Å². The molecule has 120 valence electrons. The SMILES string of the molecule is Cn1cc(Nc2nc3ccc(-c4cc(O)ccc4Cl)cn3n2)cn1. The summed E-state index contributed by atoms with van der Waals surface area (Å²) < 4.78 is 3.36. The number of halogens is 1. The Labute approximate surface area is 142 Å². The fraction of sp³-hybridized carbons (Fsp3) is 0.0625. The van der Waals surface area contributed by atoms with E-state index >= 15 is 0 Å². The molecule has 0 saturated heterocycles. The number of aromatic hydroxyl groups is 1. The number of aryl methyl sites for hydroxylation is 1. The van der Waals surface area contributed by atoms with Gasteiger partial charge in [-0.05, 0) is 30.3 Å². The first-order chi connectivity index (χ1) is 11.6. The van der Waals surface area contributed by atoms with Gasteiger partial charge in [-0.15, -0.1) is 5.10 Å². The molecule has 0 fully saturated rings. The third-order valence-corrected chi connectivity index (χ3v) is 3.88. The van der Waals surface area contributed by atoms with E-state index in [2.05, 4.69) is 20.5 Å². The van der Waals surface area contributed by atoms with E-state index in [0.29, 0.717) is 16.6 Å². The van der Waals surface area contributed by atoms with Crippen LogP contribution in [0.15, 0.2) is 48.9 Å². The number of aromatic nitrogens is 5. The largest absolute Gasteiger partial charge is 0.508 e. The van der Waals surface area contributed by atoms with Gasteiger partial charge in [-0.2, -0.15) is 10.1 Å². The highest BCUT2D eigenvalue weighted by Crippen LogP contribution is 2.31. The van der Waals surface area contributed by atoms with Crippen LogP contribution in [0.25, 0.3) is 16.8 Å². The first-order valence-electron chi connectivity index (χ1n) is 7.19. The number of nitrogens with one attached hydrogen (secondary N) is 1. The molecule has 1 aromatic carbocycles. The quantitative estimate of drug-likeness (QED) is 0.598. The van der Waals surface area contributed by atoms with Crippen molar-refractivity contribution in [2.24, 2.45) is 7.05 Å². The molecule has 4 aromatic rings. The Morgan fingerprint density at radius 3 is 2.83 bits per heavy atom. The first kappa shape index (κ1) is 14.5. The maximum atomic E-state index is 9.67. The van der Waals surface area contributed by atoms with Crippen LogP contribution in [0.4, 0.5) is 11.6 Å². The molecule has 0 aliphatic carbocycles. The molecule has 7 nitrogen and oxygen atoms in total. The zero-order valence-electron chi connectivity index (χ0n) is 12.7. The summed E-state index contributed by atoms with van der Waals surface area (Å²) in [5, 5.41) is 21.8. The van der Waals surface area contributed by atoms with E-state index in [9.17, 15) is 5.11 Å². The van der Waals surface area contributed by atoms with Crippen molar-refractivity contribution in [2.45, 2.75) is 0 Å². The zero-order valence-corrected chi connectivity index (χ0v) is 13.4. The Kier molecular flexibility index (Phi) is 3.35. The van der Waals surface area contributed by atoms with Crippen molar-refractivity contribution in [3.63, 3.8) is 0 Å². The van der Waals surface area contributed by atoms with Crippen LogP contribution < -0.4 is 5.32 Å². The van der Waals surface area contributed by atoms with Crippen molar-refractivity contribution in [3.8, 4) is 16.9 Å². The van der Waals surface area contributed by atoms with Crippen LogP contribution in [-0.4, -0.2) is 29.5 Å². The molecule has 0 spiro atoms. The number of phenolic OH excluding ortho intramolecular Hbond substituents is 1. The summed E-state index contributed by atoms with van der Waals surface area (Å²) in [4.78, 5) is 4.41. The lowest BCUT2D eigenvalue weighted by molar-refractivity contribution is 0.475. The number of nitrogens with zero attached hydrogens (tertiary/aromatic N) is 5. The molecule has 4 rings (SSSR count). The standard InChI is InChI=1S/C16H13ClN6O/c1-22-9-11(7-18-22)19-16-20-15-5-2-10(8-23(15)21-16)13-6-12(24)3-4-14(13)17/h2-9,24H,1H3,(H,19,21). The molecule has 24 heavy (non-hydrogen) atoms. The summed E-state index contributed by atoms with van der Waals surface area (Å²) in [7, 11) is 1.84. The number of anilines is 2. The van der Waals surface area contributed by atoms with Gasteiger partial charge in [0, 0.05) is 35.6 Å². The van der Waals surface area contributed by atoms with Crippen molar-refractivity contribution in [1.82, 2.24) is 24.4 Å². The van der Waals surface area contributed by atoms with Crippen LogP contribution in [0.3, 0.4) is 0 Å². The molecule has 0 unspecified atom stereocenters. The van der Waals surface area contributed by atoms with Gasteiger partial charge in [-0.1, -0.05) is 11.6 Å². The van der Waals surface area contributed by atoms with Gasteiger partial charge in [0.2, 0.25) is 5.95 Å². The molecule has 0 atom stereocenters. The maximum Gasteiger partial charge on any atom is 0.247 e. The molecule has 8 heteroatoms. The molecule has 0 aliphatic heterocycles. The van der Waals surface area contributed by atoms with Crippen molar-refractivity contribution < 1.29 is 5.11 Å². The summed E-state index contributed by atoms with van der Waals surface area (Å²) in [5.74, 6) is 0.633. The second kappa shape index (κ2) is 5.54. The molecule has 0 saturated carbocycles. The third kappa shape index (κ3) is 2.65. The van der Waals surface area contributed by atoms with E-state index in [1.807, 2.05) is 31.6 Å². The number of fused-ring (bicyclic) bond motifs is 1. The summed E-state index contributed by atoms with van der Waals surface area (Å²) in [5.41, 5.74) is 3.07. The molecule has 3 heterocycles. The van der Waals surface area contributed by atoms with Crippen molar-refractivity contribution in [2.75, 3.05) is 5.32 Å². The maximum absolute atomic E-state index is 9.67. The Hall–Kier alpha value is -3.06. The normalized spacial score (nSPS) is 11.1. The summed E-state index contributed by atoms with van der Waals surface area (Å²) in [6.45, 7) is 0. The molecule has 0 bridgehead atoms. The molecule has 2 N–H and O–H groups in total. The van der Waals surface area contributed by atoms with Crippen LogP contribution in [0.1, 0.15) is 0 Å². The lowest BCUT2D eigenvalue weighted by atomic mass is 10.1. The van der Waals surface area contributed by atoms with Gasteiger partial charge >= 0.3 is 0 Å². The summed E-state index contributed by atoms with van der Waals surface area (Å²) in [6, 6.07) is 8.56. The zero-order chi connectivity index (χ0) is 16.7. The lowest BCUT2D eigenvalue weighted by Crippen LogP contribution is -1.92. The first-order valence-corrected chi connectivity index (χ1v) is 7.57. The van der Waals surface area contributed by atoms with Gasteiger partial charge in [0.1, 0.15) is 5.75 Å². The van der Waals surface area contributed by atoms with Gasteiger partial charge in [0.25, 0.3) is 0 Å². The Balaban J connectivity index is 1.72. The third-order valence-electron chi connectivity index (χ3n) is 3.55. The number of rotatable bonds is 3. The average Bonchev–Trinajstić information content (AvgIpc) is 3.14. The molecular formula is C16H13ClN6O. The van der Waals surface area contributed by atoms with Gasteiger partial charge in [-0.3, -0.25) is 4.68 Å². The van der Waals surface area contributed by atoms with Crippen molar-refractivity contribution in [3.05, 3.63) is 53.9 Å². The predicted octanol–water partition coefficient (Wildman–Crippen LogP) is 3.23. The van der Waals surface area contributed by atoms with Gasteiger partial charge in [0.15, 0.2) is 5.65 Å². The monoisotopic (exact) mass is 340 g/mol. The minimum Gasteiger partial charge on any atom is -0.508 e. The highest BCUT2D eigenvalue weighted by molar-refractivity contribution is 6.33. The summed E-state index contributed by atoms with van der Waals surface area (Å²) >= 11 is 6.22. The van der Waals surface area contributed by atoms with E-state index in [1.165, 1.54) is 0 Å². The number of benzene rings is 1. The van der Waals surface area contributed by atoms with E-state index in [4.69, 9.17) is 11.6 Å². The number of hydrogen-bond donors (Lipinski definition) is 2. The molecule has 3 aromatic heterocycles. The summed E-state index contributed by atoms with van der Waals surface area (Å²) in [6.07, 6.45) is 5.35. The molecule has 0 amide bonds. The number of phenols is 1. The van der Waals surface area contributed by atoms with Gasteiger partial charge in [0.05, 0.1) is 11.9 Å². The van der Waals surface area contributed by atoms with E-state index < -0.39 is 0 Å².